The maximum absolute atomic E-state index is 15.4. The molecule has 0 saturated heterocycles. The van der Waals surface area contributed by atoms with Crippen LogP contribution in [0.4, 0.5) is 15.9 Å². The molecule has 0 amide bonds. The van der Waals surface area contributed by atoms with Crippen LogP contribution in [0.25, 0.3) is 38.9 Å². The first kappa shape index (κ1) is 28.0. The summed E-state index contributed by atoms with van der Waals surface area (Å²) in [5, 5.41) is 9.08. The first-order valence-electron chi connectivity index (χ1n) is 14.0. The Bertz CT molecular complexity index is 1930. The monoisotopic (exact) mass is 580 g/mol. The SMILES string of the molecule is CCc1cc(NCCN(C)C)c2c(F)cc(OCc3cncc(-n4cc(-c5ccn(C)n5)c5c(N)ncnc54)c3)cc2n1. The predicted octanol–water partition coefficient (Wildman–Crippen LogP) is 4.60. The van der Waals surface area contributed by atoms with E-state index >= 15 is 4.39 Å². The summed E-state index contributed by atoms with van der Waals surface area (Å²) in [6.07, 6.45) is 9.42. The van der Waals surface area contributed by atoms with Gasteiger partial charge in [-0.1, -0.05) is 6.92 Å². The summed E-state index contributed by atoms with van der Waals surface area (Å²) < 4.78 is 25.2. The van der Waals surface area contributed by atoms with Crippen molar-refractivity contribution < 1.29 is 9.13 Å². The summed E-state index contributed by atoms with van der Waals surface area (Å²) in [5.41, 5.74) is 12.2. The Balaban J connectivity index is 1.29. The lowest BCUT2D eigenvalue weighted by atomic mass is 10.1. The summed E-state index contributed by atoms with van der Waals surface area (Å²) in [7, 11) is 5.87. The molecule has 0 aliphatic carbocycles. The summed E-state index contributed by atoms with van der Waals surface area (Å²) in [5.74, 6) is 0.367. The Hall–Kier alpha value is -5.10. The average molecular weight is 581 g/mol. The lowest BCUT2D eigenvalue weighted by molar-refractivity contribution is 0.304. The highest BCUT2D eigenvalue weighted by Gasteiger charge is 2.18. The number of anilines is 2. The molecule has 0 saturated carbocycles. The molecule has 0 bridgehead atoms. The second-order valence-corrected chi connectivity index (χ2v) is 10.6. The van der Waals surface area contributed by atoms with Gasteiger partial charge in [0, 0.05) is 73.4 Å². The second-order valence-electron chi connectivity index (χ2n) is 10.6. The molecular weight excluding hydrogens is 547 g/mol. The van der Waals surface area contributed by atoms with Crippen molar-refractivity contribution in [2.75, 3.05) is 38.2 Å². The van der Waals surface area contributed by atoms with E-state index in [0.29, 0.717) is 40.0 Å². The number of hydrogen-bond acceptors (Lipinski definition) is 9. The number of nitrogens with one attached hydrogen (secondary N) is 1. The van der Waals surface area contributed by atoms with E-state index in [1.54, 1.807) is 23.1 Å². The molecule has 0 spiro atoms. The Morgan fingerprint density at radius 3 is 2.72 bits per heavy atom. The van der Waals surface area contributed by atoms with Gasteiger partial charge in [0.25, 0.3) is 0 Å². The summed E-state index contributed by atoms with van der Waals surface area (Å²) in [6, 6.07) is 8.97. The molecule has 5 aromatic heterocycles. The van der Waals surface area contributed by atoms with E-state index < -0.39 is 0 Å². The third-order valence-electron chi connectivity index (χ3n) is 7.19. The van der Waals surface area contributed by atoms with Crippen LogP contribution in [-0.2, 0) is 20.1 Å². The van der Waals surface area contributed by atoms with Gasteiger partial charge in [-0.15, -0.1) is 0 Å². The number of pyridine rings is 2. The summed E-state index contributed by atoms with van der Waals surface area (Å²) in [4.78, 5) is 19.9. The number of aryl methyl sites for hydroxylation is 2. The number of hydrogen-bond donors (Lipinski definition) is 2. The summed E-state index contributed by atoms with van der Waals surface area (Å²) >= 11 is 0. The number of aromatic nitrogens is 7. The highest BCUT2D eigenvalue weighted by atomic mass is 19.1. The largest absolute Gasteiger partial charge is 0.489 e. The van der Waals surface area contributed by atoms with Crippen LogP contribution in [0.15, 0.2) is 61.4 Å². The Kier molecular flexibility index (Phi) is 7.59. The number of ether oxygens (including phenoxy) is 1. The molecule has 6 aromatic rings. The van der Waals surface area contributed by atoms with E-state index in [1.165, 1.54) is 12.4 Å². The van der Waals surface area contributed by atoms with Crippen LogP contribution in [0.2, 0.25) is 0 Å². The maximum Gasteiger partial charge on any atom is 0.150 e. The molecule has 43 heavy (non-hydrogen) atoms. The number of halogens is 1. The molecule has 0 unspecified atom stereocenters. The molecular formula is C31H33FN10O. The van der Waals surface area contributed by atoms with Gasteiger partial charge in [0.05, 0.1) is 33.9 Å². The third-order valence-corrected chi connectivity index (χ3v) is 7.19. The van der Waals surface area contributed by atoms with Crippen LogP contribution in [0.1, 0.15) is 18.2 Å². The molecule has 5 heterocycles. The van der Waals surface area contributed by atoms with E-state index in [4.69, 9.17) is 10.5 Å². The van der Waals surface area contributed by atoms with Crippen molar-refractivity contribution >= 4 is 33.4 Å². The maximum atomic E-state index is 15.4. The van der Waals surface area contributed by atoms with Gasteiger partial charge in [-0.3, -0.25) is 19.2 Å². The average Bonchev–Trinajstić information content (AvgIpc) is 3.60. The van der Waals surface area contributed by atoms with Crippen LogP contribution >= 0.6 is 0 Å². The van der Waals surface area contributed by atoms with Gasteiger partial charge in [-0.05, 0) is 38.7 Å². The number of benzene rings is 1. The minimum Gasteiger partial charge on any atom is -0.489 e. The van der Waals surface area contributed by atoms with E-state index in [0.717, 1.165) is 46.9 Å². The lowest BCUT2D eigenvalue weighted by Gasteiger charge is -2.15. The Morgan fingerprint density at radius 2 is 1.95 bits per heavy atom. The van der Waals surface area contributed by atoms with Gasteiger partial charge in [-0.25, -0.2) is 14.4 Å². The van der Waals surface area contributed by atoms with Crippen LogP contribution in [0.5, 0.6) is 5.75 Å². The quantitative estimate of drug-likeness (QED) is 0.239. The lowest BCUT2D eigenvalue weighted by Crippen LogP contribution is -2.21. The molecule has 3 N–H and O–H groups in total. The predicted molar refractivity (Wildman–Crippen MR) is 166 cm³/mol. The van der Waals surface area contributed by atoms with Gasteiger partial charge < -0.3 is 20.7 Å². The molecule has 6 rings (SSSR count). The minimum absolute atomic E-state index is 0.177. The first-order valence-corrected chi connectivity index (χ1v) is 14.0. The van der Waals surface area contributed by atoms with Gasteiger partial charge in [0.1, 0.15) is 30.3 Å². The van der Waals surface area contributed by atoms with Gasteiger partial charge in [0.15, 0.2) is 5.65 Å². The van der Waals surface area contributed by atoms with Crippen LogP contribution in [0.3, 0.4) is 0 Å². The minimum atomic E-state index is -0.389. The molecule has 12 heteroatoms. The number of rotatable bonds is 10. The van der Waals surface area contributed by atoms with Gasteiger partial charge >= 0.3 is 0 Å². The number of nitrogen functional groups attached to an aromatic ring is 1. The molecule has 0 aliphatic rings. The summed E-state index contributed by atoms with van der Waals surface area (Å²) in [6.45, 7) is 3.72. The zero-order chi connectivity index (χ0) is 30.1. The topological polar surface area (TPSA) is 125 Å². The van der Waals surface area contributed by atoms with E-state index in [1.807, 2.05) is 63.2 Å². The highest BCUT2D eigenvalue weighted by molar-refractivity contribution is 6.00. The van der Waals surface area contributed by atoms with Crippen molar-refractivity contribution in [2.45, 2.75) is 20.0 Å². The number of nitrogens with two attached hydrogens (primary N) is 1. The van der Waals surface area contributed by atoms with E-state index in [-0.39, 0.29) is 12.4 Å². The molecule has 0 atom stereocenters. The van der Waals surface area contributed by atoms with Gasteiger partial charge in [-0.2, -0.15) is 5.10 Å². The molecule has 1 aromatic carbocycles. The fourth-order valence-corrected chi connectivity index (χ4v) is 5.05. The normalized spacial score (nSPS) is 11.6. The number of likely N-dealkylation sites (N-methyl/N-ethyl adjacent to an activating group) is 1. The van der Waals surface area contributed by atoms with Crippen molar-refractivity contribution in [3.05, 3.63) is 78.5 Å². The fraction of sp³-hybridized carbons (Fsp3) is 0.258. The Labute approximate surface area is 248 Å². The van der Waals surface area contributed by atoms with Crippen LogP contribution in [-0.4, -0.2) is 66.4 Å². The molecule has 0 fully saturated rings. The van der Waals surface area contributed by atoms with Gasteiger partial charge in [0.2, 0.25) is 0 Å². The molecule has 11 nitrogen and oxygen atoms in total. The Morgan fingerprint density at radius 1 is 1.09 bits per heavy atom. The number of fused-ring (bicyclic) bond motifs is 2. The molecule has 0 aliphatic heterocycles. The molecule has 0 radical (unpaired) electrons. The fourth-order valence-electron chi connectivity index (χ4n) is 5.05. The zero-order valence-corrected chi connectivity index (χ0v) is 24.5. The van der Waals surface area contributed by atoms with Crippen LogP contribution in [0, 0.1) is 5.82 Å². The van der Waals surface area contributed by atoms with Crippen LogP contribution < -0.4 is 15.8 Å². The second kappa shape index (κ2) is 11.6. The van der Waals surface area contributed by atoms with Crippen molar-refractivity contribution in [1.82, 2.24) is 39.2 Å². The van der Waals surface area contributed by atoms with E-state index in [9.17, 15) is 0 Å². The van der Waals surface area contributed by atoms with Crippen molar-refractivity contribution in [3.8, 4) is 22.7 Å². The third kappa shape index (κ3) is 5.69. The highest BCUT2D eigenvalue weighted by Crippen LogP contribution is 2.34. The smallest absolute Gasteiger partial charge is 0.150 e. The van der Waals surface area contributed by atoms with E-state index in [2.05, 4.69) is 35.3 Å². The molecule has 220 valence electrons. The standard InChI is InChI=1S/C31H33FN10O/c1-5-20-11-26(35-7-9-40(2)3)29-24(32)12-22(13-27(29)38-20)43-17-19-10-21(15-34-14-19)42-16-23(25-6-8-41(4)39-25)28-30(33)36-18-37-31(28)42/h6,8,10-16,18H,5,7,9,17H2,1-4H3,(H,35,38)(H2,33,36,37). The first-order chi connectivity index (χ1) is 20.8. The zero-order valence-electron chi connectivity index (χ0n) is 24.5. The van der Waals surface area contributed by atoms with Crippen molar-refractivity contribution in [1.29, 1.82) is 0 Å². The number of nitrogens with zero attached hydrogens (tertiary/aromatic N) is 8. The van der Waals surface area contributed by atoms with Crippen molar-refractivity contribution in [2.24, 2.45) is 7.05 Å². The van der Waals surface area contributed by atoms with Crippen molar-refractivity contribution in [3.63, 3.8) is 0 Å².